The van der Waals surface area contributed by atoms with Crippen LogP contribution < -0.4 is 20.1 Å². The summed E-state index contributed by atoms with van der Waals surface area (Å²) in [5, 5.41) is 0.613. The molecule has 46 heavy (non-hydrogen) atoms. The van der Waals surface area contributed by atoms with Gasteiger partial charge in [0.2, 0.25) is 11.8 Å². The summed E-state index contributed by atoms with van der Waals surface area (Å²) in [5.74, 6) is 0.928. The van der Waals surface area contributed by atoms with Crippen molar-refractivity contribution in [2.45, 2.75) is 53.6 Å². The number of carbonyl (C=O) groups is 2. The SMILES string of the molecule is CCN1C(=O)C(C)(C)C(=O)N(C)c2cc(OCCCN(CCCn3ccc4oc(C)cc4c3=O)Cc3ccncc3)ccc21.Cl.Cl. The number of aryl methyl sites for hydroxylation is 2. The van der Waals surface area contributed by atoms with Crippen LogP contribution in [0.3, 0.4) is 0 Å². The van der Waals surface area contributed by atoms with Gasteiger partial charge < -0.3 is 23.5 Å². The van der Waals surface area contributed by atoms with Crippen LogP contribution in [0.1, 0.15) is 44.9 Å². The number of nitrogens with zero attached hydrogens (tertiary/aromatic N) is 5. The average Bonchev–Trinajstić information content (AvgIpc) is 3.39. The summed E-state index contributed by atoms with van der Waals surface area (Å²) in [5.41, 5.74) is 1.97. The number of anilines is 2. The first-order valence-corrected chi connectivity index (χ1v) is 15.2. The highest BCUT2D eigenvalue weighted by atomic mass is 35.5. The second-order valence-corrected chi connectivity index (χ2v) is 11.8. The lowest BCUT2D eigenvalue weighted by molar-refractivity contribution is -0.137. The summed E-state index contributed by atoms with van der Waals surface area (Å²) in [4.78, 5) is 48.9. The van der Waals surface area contributed by atoms with Crippen LogP contribution in [0.4, 0.5) is 11.4 Å². The van der Waals surface area contributed by atoms with Crippen molar-refractivity contribution in [3.63, 3.8) is 0 Å². The van der Waals surface area contributed by atoms with Gasteiger partial charge in [-0.05, 0) is 82.5 Å². The van der Waals surface area contributed by atoms with Gasteiger partial charge in [0.1, 0.15) is 22.5 Å². The quantitative estimate of drug-likeness (QED) is 0.137. The normalized spacial score (nSPS) is 14.1. The average molecular weight is 673 g/mol. The van der Waals surface area contributed by atoms with E-state index in [1.165, 1.54) is 5.56 Å². The highest BCUT2D eigenvalue weighted by molar-refractivity contribution is 6.20. The Morgan fingerprint density at radius 2 is 1.65 bits per heavy atom. The van der Waals surface area contributed by atoms with Crippen LogP contribution in [0, 0.1) is 12.3 Å². The second kappa shape index (κ2) is 15.6. The largest absolute Gasteiger partial charge is 0.493 e. The smallest absolute Gasteiger partial charge is 0.261 e. The molecule has 2 amide bonds. The lowest BCUT2D eigenvalue weighted by Gasteiger charge is -2.27. The first-order valence-electron chi connectivity index (χ1n) is 15.2. The van der Waals surface area contributed by atoms with Gasteiger partial charge in [0, 0.05) is 64.4 Å². The van der Waals surface area contributed by atoms with E-state index in [1.54, 1.807) is 59.9 Å². The fraction of sp³-hybridized carbons (Fsp3) is 0.412. The van der Waals surface area contributed by atoms with Crippen LogP contribution in [0.5, 0.6) is 5.75 Å². The number of ether oxygens (including phenoxy) is 1. The minimum absolute atomic E-state index is 0. The van der Waals surface area contributed by atoms with Gasteiger partial charge in [0.05, 0.1) is 23.4 Å². The van der Waals surface area contributed by atoms with E-state index in [0.717, 1.165) is 38.2 Å². The molecule has 1 aliphatic heterocycles. The topological polar surface area (TPSA) is 101 Å². The van der Waals surface area contributed by atoms with Crippen molar-refractivity contribution in [2.75, 3.05) is 43.1 Å². The molecule has 248 valence electrons. The van der Waals surface area contributed by atoms with Gasteiger partial charge in [-0.3, -0.25) is 24.3 Å². The fourth-order valence-corrected chi connectivity index (χ4v) is 5.81. The third kappa shape index (κ3) is 7.74. The number of fused-ring (bicyclic) bond motifs is 2. The molecule has 5 rings (SSSR count). The number of hydrogen-bond donors (Lipinski definition) is 0. The lowest BCUT2D eigenvalue weighted by atomic mass is 9.90. The molecule has 4 heterocycles. The number of amides is 2. The maximum atomic E-state index is 13.2. The number of pyridine rings is 2. The van der Waals surface area contributed by atoms with Crippen molar-refractivity contribution in [2.24, 2.45) is 5.41 Å². The summed E-state index contributed by atoms with van der Waals surface area (Å²) in [6, 6.07) is 13.2. The van der Waals surface area contributed by atoms with Crippen molar-refractivity contribution in [1.29, 1.82) is 0 Å². The zero-order valence-electron chi connectivity index (χ0n) is 27.0. The van der Waals surface area contributed by atoms with Crippen molar-refractivity contribution in [1.82, 2.24) is 14.5 Å². The third-order valence-electron chi connectivity index (χ3n) is 8.23. The Morgan fingerprint density at radius 3 is 2.37 bits per heavy atom. The van der Waals surface area contributed by atoms with E-state index in [2.05, 4.69) is 9.88 Å². The molecule has 0 saturated carbocycles. The number of carbonyl (C=O) groups excluding carboxylic acids is 2. The van der Waals surface area contributed by atoms with Crippen LogP contribution >= 0.6 is 24.8 Å². The standard InChI is InChI=1S/C34H41N5O5.2ClH/c1-6-39-28-10-9-26(22-29(28)36(5)32(41)34(3,4)33(39)42)43-20-8-17-37(23-25-11-14-35-15-12-25)16-7-18-38-19-13-30-27(31(38)40)21-24(2)44-30;;/h9-15,19,21-22H,6-8,16-18,20,23H2,1-5H3;2*1H. The molecule has 0 N–H and O–H groups in total. The molecule has 0 aliphatic carbocycles. The molecule has 1 aliphatic rings. The Morgan fingerprint density at radius 1 is 0.935 bits per heavy atom. The van der Waals surface area contributed by atoms with Crippen LogP contribution in [0.25, 0.3) is 11.0 Å². The minimum atomic E-state index is -1.15. The van der Waals surface area contributed by atoms with E-state index in [0.29, 0.717) is 47.8 Å². The zero-order valence-corrected chi connectivity index (χ0v) is 28.7. The van der Waals surface area contributed by atoms with Gasteiger partial charge in [-0.2, -0.15) is 0 Å². The van der Waals surface area contributed by atoms with Crippen LogP contribution in [0.2, 0.25) is 0 Å². The molecule has 0 unspecified atom stereocenters. The monoisotopic (exact) mass is 671 g/mol. The van der Waals surface area contributed by atoms with Crippen LogP contribution in [-0.2, 0) is 22.7 Å². The Labute approximate surface area is 282 Å². The summed E-state index contributed by atoms with van der Waals surface area (Å²) >= 11 is 0. The van der Waals surface area contributed by atoms with Gasteiger partial charge in [-0.1, -0.05) is 0 Å². The Balaban J connectivity index is 0.00000288. The van der Waals surface area contributed by atoms with Crippen LogP contribution in [0.15, 0.2) is 70.3 Å². The van der Waals surface area contributed by atoms with E-state index < -0.39 is 5.41 Å². The van der Waals surface area contributed by atoms with E-state index >= 15 is 0 Å². The molecule has 10 nitrogen and oxygen atoms in total. The number of aromatic nitrogens is 2. The maximum Gasteiger partial charge on any atom is 0.261 e. The van der Waals surface area contributed by atoms with Gasteiger partial charge in [-0.15, -0.1) is 24.8 Å². The molecule has 0 saturated heterocycles. The predicted octanol–water partition coefficient (Wildman–Crippen LogP) is 5.86. The highest BCUT2D eigenvalue weighted by Crippen LogP contribution is 2.40. The summed E-state index contributed by atoms with van der Waals surface area (Å²) < 4.78 is 13.5. The van der Waals surface area contributed by atoms with Gasteiger partial charge >= 0.3 is 0 Å². The summed E-state index contributed by atoms with van der Waals surface area (Å²) in [6.45, 7) is 11.0. The summed E-state index contributed by atoms with van der Waals surface area (Å²) in [7, 11) is 1.71. The van der Waals surface area contributed by atoms with Gasteiger partial charge in [-0.25, -0.2) is 0 Å². The van der Waals surface area contributed by atoms with Crippen LogP contribution in [-0.4, -0.2) is 59.6 Å². The Kier molecular flexibility index (Phi) is 12.4. The zero-order chi connectivity index (χ0) is 31.4. The fourth-order valence-electron chi connectivity index (χ4n) is 5.81. The van der Waals surface area contributed by atoms with Gasteiger partial charge in [0.15, 0.2) is 0 Å². The van der Waals surface area contributed by atoms with Crippen molar-refractivity contribution < 1.29 is 18.7 Å². The molecule has 1 aromatic carbocycles. The number of rotatable bonds is 12. The van der Waals surface area contributed by atoms with E-state index in [1.807, 2.05) is 50.2 Å². The maximum absolute atomic E-state index is 13.2. The Bertz CT molecular complexity index is 1710. The Hall–Kier alpha value is -3.86. The molecule has 0 bridgehead atoms. The van der Waals surface area contributed by atoms with E-state index in [-0.39, 0.29) is 42.2 Å². The number of hydrogen-bond acceptors (Lipinski definition) is 7. The minimum Gasteiger partial charge on any atom is -0.493 e. The third-order valence-corrected chi connectivity index (χ3v) is 8.23. The van der Waals surface area contributed by atoms with E-state index in [4.69, 9.17) is 9.15 Å². The lowest BCUT2D eigenvalue weighted by Crippen LogP contribution is -2.47. The molecule has 0 atom stereocenters. The van der Waals surface area contributed by atoms with Gasteiger partial charge in [0.25, 0.3) is 5.56 Å². The molecule has 0 spiro atoms. The molecule has 0 fully saturated rings. The molecule has 0 radical (unpaired) electrons. The van der Waals surface area contributed by atoms with E-state index in [9.17, 15) is 14.4 Å². The van der Waals surface area contributed by atoms with Crippen molar-refractivity contribution >= 4 is 59.0 Å². The number of halogens is 2. The predicted molar refractivity (Wildman–Crippen MR) is 186 cm³/mol. The number of benzene rings is 1. The first-order chi connectivity index (χ1) is 21.1. The number of furan rings is 1. The van der Waals surface area contributed by atoms with Crippen molar-refractivity contribution in [3.8, 4) is 5.75 Å². The molecular formula is C34H43Cl2N5O5. The first kappa shape index (κ1) is 36.6. The molecular weight excluding hydrogens is 629 g/mol. The second-order valence-electron chi connectivity index (χ2n) is 11.8. The van der Waals surface area contributed by atoms with Crippen molar-refractivity contribution in [3.05, 3.63) is 82.7 Å². The summed E-state index contributed by atoms with van der Waals surface area (Å²) in [6.07, 6.45) is 6.99. The highest BCUT2D eigenvalue weighted by Gasteiger charge is 2.45. The molecule has 4 aromatic rings. The molecule has 3 aromatic heterocycles. The molecule has 12 heteroatoms.